The summed E-state index contributed by atoms with van der Waals surface area (Å²) < 4.78 is 4.91. The second-order valence-electron chi connectivity index (χ2n) is 3.69. The first-order valence-corrected chi connectivity index (χ1v) is 5.84. The Morgan fingerprint density at radius 1 is 1.39 bits per heavy atom. The van der Waals surface area contributed by atoms with E-state index in [9.17, 15) is 4.79 Å². The van der Waals surface area contributed by atoms with Crippen LogP contribution in [0.5, 0.6) is 0 Å². The van der Waals surface area contributed by atoms with Gasteiger partial charge in [0.2, 0.25) is 0 Å². The number of rotatable bonds is 5. The molecule has 0 heterocycles. The van der Waals surface area contributed by atoms with Crippen LogP contribution in [0.3, 0.4) is 0 Å². The zero-order chi connectivity index (χ0) is 13.2. The van der Waals surface area contributed by atoms with Crippen LogP contribution in [-0.2, 0) is 4.74 Å². The van der Waals surface area contributed by atoms with Gasteiger partial charge in [0, 0.05) is 31.4 Å². The SMILES string of the molecule is COCCCNC(=O)c1ccc(C#CCN)cc1. The molecule has 18 heavy (non-hydrogen) atoms. The minimum atomic E-state index is -0.0792. The van der Waals surface area contributed by atoms with Crippen LogP contribution < -0.4 is 11.1 Å². The topological polar surface area (TPSA) is 64.3 Å². The lowest BCUT2D eigenvalue weighted by Gasteiger charge is -2.04. The molecule has 0 spiro atoms. The molecule has 1 aromatic carbocycles. The van der Waals surface area contributed by atoms with Crippen molar-refractivity contribution in [2.75, 3.05) is 26.8 Å². The van der Waals surface area contributed by atoms with Crippen molar-refractivity contribution in [3.8, 4) is 11.8 Å². The average Bonchev–Trinajstić information content (AvgIpc) is 2.41. The van der Waals surface area contributed by atoms with Crippen LogP contribution in [0, 0.1) is 11.8 Å². The number of ether oxygens (including phenoxy) is 1. The van der Waals surface area contributed by atoms with Gasteiger partial charge < -0.3 is 15.8 Å². The molecular formula is C14H18N2O2. The summed E-state index contributed by atoms with van der Waals surface area (Å²) in [6.07, 6.45) is 0.808. The maximum absolute atomic E-state index is 11.7. The number of benzene rings is 1. The van der Waals surface area contributed by atoms with Crippen LogP contribution in [0.4, 0.5) is 0 Å². The average molecular weight is 246 g/mol. The van der Waals surface area contributed by atoms with Gasteiger partial charge in [0.25, 0.3) is 5.91 Å². The number of carbonyl (C=O) groups is 1. The minimum Gasteiger partial charge on any atom is -0.385 e. The van der Waals surface area contributed by atoms with Crippen molar-refractivity contribution in [1.29, 1.82) is 0 Å². The van der Waals surface area contributed by atoms with Crippen molar-refractivity contribution >= 4 is 5.91 Å². The highest BCUT2D eigenvalue weighted by Gasteiger charge is 2.03. The highest BCUT2D eigenvalue weighted by molar-refractivity contribution is 5.94. The zero-order valence-corrected chi connectivity index (χ0v) is 10.5. The third-order valence-electron chi connectivity index (χ3n) is 2.29. The molecule has 0 unspecified atom stereocenters. The van der Waals surface area contributed by atoms with E-state index in [1.807, 2.05) is 12.1 Å². The van der Waals surface area contributed by atoms with Crippen LogP contribution in [0.2, 0.25) is 0 Å². The minimum absolute atomic E-state index is 0.0792. The lowest BCUT2D eigenvalue weighted by molar-refractivity contribution is 0.0948. The van der Waals surface area contributed by atoms with Gasteiger partial charge in [-0.05, 0) is 30.7 Å². The lowest BCUT2D eigenvalue weighted by atomic mass is 10.1. The Morgan fingerprint density at radius 3 is 2.72 bits per heavy atom. The Morgan fingerprint density at radius 2 is 2.11 bits per heavy atom. The standard InChI is InChI=1S/C14H18N2O2/c1-18-11-3-10-16-14(17)13-7-5-12(6-8-13)4-2-9-15/h5-8H,3,9-11,15H2,1H3,(H,16,17). The predicted octanol–water partition coefficient (Wildman–Crippen LogP) is 0.763. The Labute approximate surface area is 108 Å². The van der Waals surface area contributed by atoms with Crippen LogP contribution in [0.15, 0.2) is 24.3 Å². The van der Waals surface area contributed by atoms with Crippen molar-refractivity contribution in [2.24, 2.45) is 5.73 Å². The van der Waals surface area contributed by atoms with Gasteiger partial charge in [-0.2, -0.15) is 0 Å². The summed E-state index contributed by atoms with van der Waals surface area (Å²) in [5.74, 6) is 5.59. The summed E-state index contributed by atoms with van der Waals surface area (Å²) >= 11 is 0. The van der Waals surface area contributed by atoms with Gasteiger partial charge in [-0.15, -0.1) is 0 Å². The van der Waals surface area contributed by atoms with Crippen molar-refractivity contribution in [3.63, 3.8) is 0 Å². The van der Waals surface area contributed by atoms with E-state index in [0.717, 1.165) is 12.0 Å². The molecule has 0 aliphatic carbocycles. The van der Waals surface area contributed by atoms with Crippen LogP contribution in [0.25, 0.3) is 0 Å². The van der Waals surface area contributed by atoms with Crippen molar-refractivity contribution < 1.29 is 9.53 Å². The Hall–Kier alpha value is -1.83. The summed E-state index contributed by atoms with van der Waals surface area (Å²) in [4.78, 5) is 11.7. The van der Waals surface area contributed by atoms with Gasteiger partial charge in [0.05, 0.1) is 6.54 Å². The molecule has 0 aliphatic heterocycles. The molecule has 96 valence electrons. The molecule has 1 amide bonds. The molecule has 0 atom stereocenters. The fraction of sp³-hybridized carbons (Fsp3) is 0.357. The van der Waals surface area contributed by atoms with E-state index in [1.54, 1.807) is 19.2 Å². The maximum atomic E-state index is 11.7. The Kier molecular flexibility index (Phi) is 6.55. The molecule has 0 aliphatic rings. The zero-order valence-electron chi connectivity index (χ0n) is 10.5. The monoisotopic (exact) mass is 246 g/mol. The van der Waals surface area contributed by atoms with Crippen molar-refractivity contribution in [1.82, 2.24) is 5.32 Å². The Balaban J connectivity index is 2.48. The summed E-state index contributed by atoms with van der Waals surface area (Å²) in [7, 11) is 1.64. The van der Waals surface area contributed by atoms with Gasteiger partial charge in [-0.1, -0.05) is 11.8 Å². The first kappa shape index (κ1) is 14.2. The molecule has 4 heteroatoms. The molecule has 0 bridgehead atoms. The van der Waals surface area contributed by atoms with Crippen LogP contribution in [0.1, 0.15) is 22.3 Å². The number of methoxy groups -OCH3 is 1. The van der Waals surface area contributed by atoms with Crippen LogP contribution >= 0.6 is 0 Å². The van der Waals surface area contributed by atoms with Gasteiger partial charge in [0.1, 0.15) is 0 Å². The largest absolute Gasteiger partial charge is 0.385 e. The summed E-state index contributed by atoms with van der Waals surface area (Å²) in [5.41, 5.74) is 6.77. The lowest BCUT2D eigenvalue weighted by Crippen LogP contribution is -2.25. The van der Waals surface area contributed by atoms with Crippen molar-refractivity contribution in [2.45, 2.75) is 6.42 Å². The molecular weight excluding hydrogens is 228 g/mol. The third kappa shape index (κ3) is 5.00. The third-order valence-corrected chi connectivity index (χ3v) is 2.29. The molecule has 1 aromatic rings. The second kappa shape index (κ2) is 8.29. The first-order chi connectivity index (χ1) is 8.77. The van der Waals surface area contributed by atoms with Gasteiger partial charge in [0.15, 0.2) is 0 Å². The van der Waals surface area contributed by atoms with E-state index in [1.165, 1.54) is 0 Å². The fourth-order valence-corrected chi connectivity index (χ4v) is 1.38. The molecule has 0 fully saturated rings. The highest BCUT2D eigenvalue weighted by atomic mass is 16.5. The Bertz CT molecular complexity index is 429. The summed E-state index contributed by atoms with van der Waals surface area (Å²) in [6.45, 7) is 1.59. The van der Waals surface area contributed by atoms with Crippen molar-refractivity contribution in [3.05, 3.63) is 35.4 Å². The molecule has 0 aromatic heterocycles. The summed E-state index contributed by atoms with van der Waals surface area (Å²) in [6, 6.07) is 7.14. The molecule has 4 nitrogen and oxygen atoms in total. The molecule has 0 saturated heterocycles. The second-order valence-corrected chi connectivity index (χ2v) is 3.69. The molecule has 3 N–H and O–H groups in total. The highest BCUT2D eigenvalue weighted by Crippen LogP contribution is 2.03. The number of amides is 1. The van der Waals surface area contributed by atoms with Gasteiger partial charge >= 0.3 is 0 Å². The van der Waals surface area contributed by atoms with E-state index >= 15 is 0 Å². The quantitative estimate of drug-likeness (QED) is 0.595. The number of hydrogen-bond donors (Lipinski definition) is 2. The van der Waals surface area contributed by atoms with E-state index in [0.29, 0.717) is 25.3 Å². The molecule has 0 radical (unpaired) electrons. The van der Waals surface area contributed by atoms with E-state index in [2.05, 4.69) is 17.2 Å². The normalized spacial score (nSPS) is 9.44. The van der Waals surface area contributed by atoms with E-state index in [4.69, 9.17) is 10.5 Å². The predicted molar refractivity (Wildman–Crippen MR) is 71.2 cm³/mol. The first-order valence-electron chi connectivity index (χ1n) is 5.84. The van der Waals surface area contributed by atoms with Crippen LogP contribution in [-0.4, -0.2) is 32.7 Å². The van der Waals surface area contributed by atoms with E-state index in [-0.39, 0.29) is 5.91 Å². The molecule has 0 saturated carbocycles. The fourth-order valence-electron chi connectivity index (χ4n) is 1.38. The number of carbonyl (C=O) groups excluding carboxylic acids is 1. The molecule has 1 rings (SSSR count). The van der Waals surface area contributed by atoms with Gasteiger partial charge in [-0.3, -0.25) is 4.79 Å². The van der Waals surface area contributed by atoms with Gasteiger partial charge in [-0.25, -0.2) is 0 Å². The maximum Gasteiger partial charge on any atom is 0.251 e. The van der Waals surface area contributed by atoms with E-state index < -0.39 is 0 Å². The summed E-state index contributed by atoms with van der Waals surface area (Å²) in [5, 5.41) is 2.82. The smallest absolute Gasteiger partial charge is 0.251 e. The number of hydrogen-bond acceptors (Lipinski definition) is 3. The number of nitrogens with two attached hydrogens (primary N) is 1. The number of nitrogens with one attached hydrogen (secondary N) is 1.